The van der Waals surface area contributed by atoms with Crippen LogP contribution in [0.2, 0.25) is 0 Å². The standard InChI is InChI=1S/C13H17NO/c1-2-12-7-6-8-13(11-12)14-9-4-3-5-10-15/h1,6-8,11,14-15H,3-5,9-10H2. The van der Waals surface area contributed by atoms with Gasteiger partial charge in [-0.05, 0) is 37.5 Å². The van der Waals surface area contributed by atoms with E-state index in [-0.39, 0.29) is 6.61 Å². The van der Waals surface area contributed by atoms with Gasteiger partial charge < -0.3 is 10.4 Å². The van der Waals surface area contributed by atoms with Crippen LogP contribution in [0.1, 0.15) is 24.8 Å². The summed E-state index contributed by atoms with van der Waals surface area (Å²) in [5, 5.41) is 11.9. The average Bonchev–Trinajstić information content (AvgIpc) is 2.29. The summed E-state index contributed by atoms with van der Waals surface area (Å²) in [6.07, 6.45) is 8.31. The highest BCUT2D eigenvalue weighted by Gasteiger charge is 1.93. The Morgan fingerprint density at radius 3 is 2.87 bits per heavy atom. The van der Waals surface area contributed by atoms with Crippen molar-refractivity contribution < 1.29 is 5.11 Å². The van der Waals surface area contributed by atoms with Gasteiger partial charge in [0.1, 0.15) is 0 Å². The quantitative estimate of drug-likeness (QED) is 0.549. The van der Waals surface area contributed by atoms with E-state index in [9.17, 15) is 0 Å². The molecule has 0 fully saturated rings. The van der Waals surface area contributed by atoms with Crippen molar-refractivity contribution in [1.29, 1.82) is 0 Å². The molecule has 0 aromatic heterocycles. The topological polar surface area (TPSA) is 32.3 Å². The van der Waals surface area contributed by atoms with Crippen LogP contribution in [0.5, 0.6) is 0 Å². The third kappa shape index (κ3) is 4.53. The first-order valence-electron chi connectivity index (χ1n) is 5.28. The van der Waals surface area contributed by atoms with Gasteiger partial charge >= 0.3 is 0 Å². The Morgan fingerprint density at radius 2 is 2.13 bits per heavy atom. The molecule has 0 amide bonds. The third-order valence-electron chi connectivity index (χ3n) is 2.19. The molecule has 2 N–H and O–H groups in total. The van der Waals surface area contributed by atoms with E-state index in [1.54, 1.807) is 0 Å². The molecule has 0 heterocycles. The van der Waals surface area contributed by atoms with Gasteiger partial charge in [0.2, 0.25) is 0 Å². The van der Waals surface area contributed by atoms with Crippen LogP contribution in [-0.4, -0.2) is 18.3 Å². The monoisotopic (exact) mass is 203 g/mol. The number of terminal acetylenes is 1. The first-order chi connectivity index (χ1) is 7.36. The zero-order chi connectivity index (χ0) is 10.9. The Balaban J connectivity index is 2.28. The molecule has 0 aliphatic carbocycles. The molecule has 0 atom stereocenters. The highest BCUT2D eigenvalue weighted by atomic mass is 16.2. The van der Waals surface area contributed by atoms with Crippen molar-refractivity contribution in [2.45, 2.75) is 19.3 Å². The molecular formula is C13H17NO. The number of benzene rings is 1. The minimum Gasteiger partial charge on any atom is -0.396 e. The van der Waals surface area contributed by atoms with E-state index >= 15 is 0 Å². The number of hydrogen-bond donors (Lipinski definition) is 2. The highest BCUT2D eigenvalue weighted by molar-refractivity contribution is 5.49. The normalized spacial score (nSPS) is 9.60. The minimum absolute atomic E-state index is 0.284. The summed E-state index contributed by atoms with van der Waals surface area (Å²) in [6, 6.07) is 7.83. The number of anilines is 1. The fourth-order valence-corrected chi connectivity index (χ4v) is 1.37. The average molecular weight is 203 g/mol. The van der Waals surface area contributed by atoms with E-state index in [4.69, 9.17) is 11.5 Å². The van der Waals surface area contributed by atoms with E-state index in [0.29, 0.717) is 0 Å². The molecule has 0 radical (unpaired) electrons. The van der Waals surface area contributed by atoms with E-state index in [1.165, 1.54) is 0 Å². The van der Waals surface area contributed by atoms with Gasteiger partial charge in [-0.3, -0.25) is 0 Å². The second kappa shape index (κ2) is 6.92. The highest BCUT2D eigenvalue weighted by Crippen LogP contribution is 2.09. The van der Waals surface area contributed by atoms with Gasteiger partial charge in [-0.25, -0.2) is 0 Å². The fourth-order valence-electron chi connectivity index (χ4n) is 1.37. The molecule has 2 heteroatoms. The predicted molar refractivity (Wildman–Crippen MR) is 63.8 cm³/mol. The van der Waals surface area contributed by atoms with Gasteiger partial charge in [-0.1, -0.05) is 12.0 Å². The summed E-state index contributed by atoms with van der Waals surface area (Å²) < 4.78 is 0. The lowest BCUT2D eigenvalue weighted by Gasteiger charge is -2.06. The molecule has 0 aliphatic rings. The van der Waals surface area contributed by atoms with Crippen LogP contribution >= 0.6 is 0 Å². The van der Waals surface area contributed by atoms with Gasteiger partial charge in [0.15, 0.2) is 0 Å². The predicted octanol–water partition coefficient (Wildman–Crippen LogP) is 2.24. The summed E-state index contributed by atoms with van der Waals surface area (Å²) in [6.45, 7) is 1.21. The molecule has 80 valence electrons. The van der Waals surface area contributed by atoms with Gasteiger partial charge in [-0.2, -0.15) is 0 Å². The molecule has 1 rings (SSSR count). The summed E-state index contributed by atoms with van der Waals surface area (Å²) in [5.41, 5.74) is 1.96. The van der Waals surface area contributed by atoms with E-state index in [0.717, 1.165) is 37.1 Å². The molecule has 0 saturated heterocycles. The number of aliphatic hydroxyl groups is 1. The molecule has 15 heavy (non-hydrogen) atoms. The van der Waals surface area contributed by atoms with E-state index in [1.807, 2.05) is 24.3 Å². The van der Waals surface area contributed by atoms with Crippen LogP contribution in [-0.2, 0) is 0 Å². The fraction of sp³-hybridized carbons (Fsp3) is 0.385. The maximum atomic E-state index is 8.61. The molecular weight excluding hydrogens is 186 g/mol. The first-order valence-corrected chi connectivity index (χ1v) is 5.28. The van der Waals surface area contributed by atoms with Crippen molar-refractivity contribution in [3.8, 4) is 12.3 Å². The van der Waals surface area contributed by atoms with Gasteiger partial charge in [-0.15, -0.1) is 6.42 Å². The van der Waals surface area contributed by atoms with Crippen LogP contribution in [0, 0.1) is 12.3 Å². The number of rotatable bonds is 6. The zero-order valence-electron chi connectivity index (χ0n) is 8.87. The van der Waals surface area contributed by atoms with Gasteiger partial charge in [0.05, 0.1) is 0 Å². The van der Waals surface area contributed by atoms with Crippen LogP contribution in [0.3, 0.4) is 0 Å². The Kier molecular flexibility index (Phi) is 5.35. The lowest BCUT2D eigenvalue weighted by atomic mass is 10.2. The van der Waals surface area contributed by atoms with Crippen LogP contribution in [0.4, 0.5) is 5.69 Å². The smallest absolute Gasteiger partial charge is 0.0431 e. The molecule has 0 spiro atoms. The number of unbranched alkanes of at least 4 members (excludes halogenated alkanes) is 2. The largest absolute Gasteiger partial charge is 0.396 e. The Hall–Kier alpha value is -1.46. The minimum atomic E-state index is 0.284. The number of aliphatic hydroxyl groups excluding tert-OH is 1. The van der Waals surface area contributed by atoms with Crippen molar-refractivity contribution in [3.63, 3.8) is 0 Å². The van der Waals surface area contributed by atoms with Crippen molar-refractivity contribution >= 4 is 5.69 Å². The lowest BCUT2D eigenvalue weighted by Crippen LogP contribution is -2.01. The molecule has 0 aliphatic heterocycles. The van der Waals surface area contributed by atoms with E-state index < -0.39 is 0 Å². The lowest BCUT2D eigenvalue weighted by molar-refractivity contribution is 0.283. The molecule has 2 nitrogen and oxygen atoms in total. The number of hydrogen-bond acceptors (Lipinski definition) is 2. The van der Waals surface area contributed by atoms with Crippen LogP contribution in [0.25, 0.3) is 0 Å². The maximum Gasteiger partial charge on any atom is 0.0431 e. The first kappa shape index (κ1) is 11.6. The Labute approximate surface area is 91.3 Å². The summed E-state index contributed by atoms with van der Waals surface area (Å²) >= 11 is 0. The maximum absolute atomic E-state index is 8.61. The van der Waals surface area contributed by atoms with Crippen LogP contribution < -0.4 is 5.32 Å². The van der Waals surface area contributed by atoms with E-state index in [2.05, 4.69) is 11.2 Å². The number of nitrogens with one attached hydrogen (secondary N) is 1. The SMILES string of the molecule is C#Cc1cccc(NCCCCCO)c1. The third-order valence-corrected chi connectivity index (χ3v) is 2.19. The summed E-state index contributed by atoms with van der Waals surface area (Å²) in [5.74, 6) is 2.61. The van der Waals surface area contributed by atoms with Crippen molar-refractivity contribution in [1.82, 2.24) is 0 Å². The van der Waals surface area contributed by atoms with Crippen molar-refractivity contribution in [2.75, 3.05) is 18.5 Å². The Morgan fingerprint density at radius 1 is 1.27 bits per heavy atom. The Bertz CT molecular complexity index is 328. The van der Waals surface area contributed by atoms with Crippen molar-refractivity contribution in [2.24, 2.45) is 0 Å². The van der Waals surface area contributed by atoms with Gasteiger partial charge in [0, 0.05) is 24.4 Å². The van der Waals surface area contributed by atoms with Crippen LogP contribution in [0.15, 0.2) is 24.3 Å². The van der Waals surface area contributed by atoms with Crippen molar-refractivity contribution in [3.05, 3.63) is 29.8 Å². The zero-order valence-corrected chi connectivity index (χ0v) is 8.87. The molecule has 0 bridgehead atoms. The van der Waals surface area contributed by atoms with Gasteiger partial charge in [0.25, 0.3) is 0 Å². The molecule has 0 unspecified atom stereocenters. The summed E-state index contributed by atoms with van der Waals surface area (Å²) in [4.78, 5) is 0. The summed E-state index contributed by atoms with van der Waals surface area (Å²) in [7, 11) is 0. The second-order valence-corrected chi connectivity index (χ2v) is 3.44. The molecule has 0 saturated carbocycles. The second-order valence-electron chi connectivity index (χ2n) is 3.44. The molecule has 1 aromatic carbocycles. The molecule has 1 aromatic rings.